The van der Waals surface area contributed by atoms with Gasteiger partial charge in [-0.05, 0) is 18.2 Å². The summed E-state index contributed by atoms with van der Waals surface area (Å²) in [6.07, 6.45) is 3.39. The topological polar surface area (TPSA) is 34.9 Å². The van der Waals surface area contributed by atoms with E-state index in [0.29, 0.717) is 10.7 Å². The largest absolute Gasteiger partial charge is 0.318 e. The number of aromatic nitrogens is 2. The van der Waals surface area contributed by atoms with Crippen molar-refractivity contribution < 1.29 is 0 Å². The van der Waals surface area contributed by atoms with Crippen LogP contribution in [0.15, 0.2) is 41.5 Å². The van der Waals surface area contributed by atoms with Crippen LogP contribution in [-0.2, 0) is 7.05 Å². The second-order valence-corrected chi connectivity index (χ2v) is 3.61. The summed E-state index contributed by atoms with van der Waals surface area (Å²) in [6.45, 7) is 0. The lowest BCUT2D eigenvalue weighted by Crippen LogP contribution is -2.14. The minimum atomic E-state index is -0.0502. The molecule has 0 amide bonds. The lowest BCUT2D eigenvalue weighted by molar-refractivity contribution is 0.861. The fourth-order valence-electron chi connectivity index (χ4n) is 1.33. The maximum absolute atomic E-state index is 11.2. The molecule has 2 rings (SSSR count). The Labute approximate surface area is 92.0 Å². The van der Waals surface area contributed by atoms with E-state index in [1.807, 2.05) is 0 Å². The van der Waals surface area contributed by atoms with Gasteiger partial charge < -0.3 is 4.57 Å². The Morgan fingerprint density at radius 1 is 1.33 bits per heavy atom. The zero-order chi connectivity index (χ0) is 10.8. The molecule has 0 aliphatic heterocycles. The highest BCUT2D eigenvalue weighted by Crippen LogP contribution is 2.23. The van der Waals surface area contributed by atoms with E-state index in [-0.39, 0.29) is 5.56 Å². The third-order valence-electron chi connectivity index (χ3n) is 2.12. The van der Waals surface area contributed by atoms with Crippen molar-refractivity contribution in [1.82, 2.24) is 9.55 Å². The van der Waals surface area contributed by atoms with Gasteiger partial charge in [0.1, 0.15) is 0 Å². The molecule has 0 unspecified atom stereocenters. The lowest BCUT2D eigenvalue weighted by Gasteiger charge is -2.04. The van der Waals surface area contributed by atoms with E-state index in [0.717, 1.165) is 5.56 Å². The Hall–Kier alpha value is -1.61. The second kappa shape index (κ2) is 3.87. The molecular formula is C11H9ClN2O. The zero-order valence-electron chi connectivity index (χ0n) is 8.14. The zero-order valence-corrected chi connectivity index (χ0v) is 8.90. The van der Waals surface area contributed by atoms with Gasteiger partial charge >= 0.3 is 0 Å². The highest BCUT2D eigenvalue weighted by molar-refractivity contribution is 6.32. The SMILES string of the molecule is Cn1cc(-c2ncccc2Cl)ccc1=O. The number of hydrogen-bond donors (Lipinski definition) is 0. The van der Waals surface area contributed by atoms with Crippen LogP contribution in [0.25, 0.3) is 11.3 Å². The van der Waals surface area contributed by atoms with Crippen LogP contribution in [0.3, 0.4) is 0 Å². The van der Waals surface area contributed by atoms with Crippen molar-refractivity contribution in [2.45, 2.75) is 0 Å². The van der Waals surface area contributed by atoms with Crippen molar-refractivity contribution in [1.29, 1.82) is 0 Å². The molecule has 0 aliphatic rings. The van der Waals surface area contributed by atoms with E-state index >= 15 is 0 Å². The van der Waals surface area contributed by atoms with E-state index in [2.05, 4.69) is 4.98 Å². The van der Waals surface area contributed by atoms with Gasteiger partial charge in [0.15, 0.2) is 0 Å². The Morgan fingerprint density at radius 3 is 2.80 bits per heavy atom. The summed E-state index contributed by atoms with van der Waals surface area (Å²) in [5.41, 5.74) is 1.48. The number of nitrogens with zero attached hydrogens (tertiary/aromatic N) is 2. The molecule has 2 aromatic rings. The molecule has 0 saturated heterocycles. The van der Waals surface area contributed by atoms with Gasteiger partial charge in [0, 0.05) is 31.1 Å². The molecule has 0 bridgehead atoms. The Kier molecular flexibility index (Phi) is 2.56. The molecule has 2 aromatic heterocycles. The van der Waals surface area contributed by atoms with Crippen LogP contribution in [-0.4, -0.2) is 9.55 Å². The summed E-state index contributed by atoms with van der Waals surface area (Å²) < 4.78 is 1.50. The van der Waals surface area contributed by atoms with Crippen LogP contribution < -0.4 is 5.56 Å². The third-order valence-corrected chi connectivity index (χ3v) is 2.42. The maximum atomic E-state index is 11.2. The fraction of sp³-hybridized carbons (Fsp3) is 0.0909. The van der Waals surface area contributed by atoms with E-state index in [9.17, 15) is 4.79 Å². The number of hydrogen-bond acceptors (Lipinski definition) is 2. The molecule has 0 aromatic carbocycles. The summed E-state index contributed by atoms with van der Waals surface area (Å²) >= 11 is 6.00. The Balaban J connectivity index is 2.60. The third kappa shape index (κ3) is 1.92. The maximum Gasteiger partial charge on any atom is 0.250 e. The van der Waals surface area contributed by atoms with Crippen molar-refractivity contribution >= 4 is 11.6 Å². The highest BCUT2D eigenvalue weighted by atomic mass is 35.5. The van der Waals surface area contributed by atoms with Crippen LogP contribution >= 0.6 is 11.6 Å². The minimum absolute atomic E-state index is 0.0502. The molecule has 3 nitrogen and oxygen atoms in total. The first kappa shape index (κ1) is 9.93. The first-order chi connectivity index (χ1) is 7.18. The van der Waals surface area contributed by atoms with E-state index in [4.69, 9.17) is 11.6 Å². The van der Waals surface area contributed by atoms with Gasteiger partial charge in [0.05, 0.1) is 10.7 Å². The number of aryl methyl sites for hydroxylation is 1. The van der Waals surface area contributed by atoms with Crippen LogP contribution in [0.2, 0.25) is 5.02 Å². The van der Waals surface area contributed by atoms with Crippen molar-refractivity contribution in [2.75, 3.05) is 0 Å². The monoisotopic (exact) mass is 220 g/mol. The summed E-state index contributed by atoms with van der Waals surface area (Å²) in [5, 5.41) is 0.580. The van der Waals surface area contributed by atoms with Gasteiger partial charge in [0.2, 0.25) is 5.56 Å². The minimum Gasteiger partial charge on any atom is -0.318 e. The molecule has 0 radical (unpaired) electrons. The average Bonchev–Trinajstić information content (AvgIpc) is 2.23. The molecule has 2 heterocycles. The molecule has 0 atom stereocenters. The van der Waals surface area contributed by atoms with E-state index in [1.165, 1.54) is 10.6 Å². The van der Waals surface area contributed by atoms with Gasteiger partial charge in [-0.2, -0.15) is 0 Å². The van der Waals surface area contributed by atoms with Crippen LogP contribution in [0.1, 0.15) is 0 Å². The normalized spacial score (nSPS) is 10.3. The van der Waals surface area contributed by atoms with Gasteiger partial charge in [-0.3, -0.25) is 9.78 Å². The fourth-order valence-corrected chi connectivity index (χ4v) is 1.56. The highest BCUT2D eigenvalue weighted by Gasteiger charge is 2.04. The molecule has 0 fully saturated rings. The summed E-state index contributed by atoms with van der Waals surface area (Å²) in [6, 6.07) is 6.76. The van der Waals surface area contributed by atoms with Crippen molar-refractivity contribution in [3.8, 4) is 11.3 Å². The molecular weight excluding hydrogens is 212 g/mol. The van der Waals surface area contributed by atoms with Crippen molar-refractivity contribution in [3.05, 3.63) is 52.0 Å². The number of pyridine rings is 2. The number of halogens is 1. The Morgan fingerprint density at radius 2 is 2.13 bits per heavy atom. The smallest absolute Gasteiger partial charge is 0.250 e. The molecule has 0 saturated carbocycles. The lowest BCUT2D eigenvalue weighted by atomic mass is 10.2. The van der Waals surface area contributed by atoms with Gasteiger partial charge in [-0.25, -0.2) is 0 Å². The molecule has 0 spiro atoms. The summed E-state index contributed by atoms with van der Waals surface area (Å²) in [4.78, 5) is 15.4. The quantitative estimate of drug-likeness (QED) is 0.738. The first-order valence-electron chi connectivity index (χ1n) is 4.46. The molecule has 15 heavy (non-hydrogen) atoms. The van der Waals surface area contributed by atoms with Crippen LogP contribution in [0.4, 0.5) is 0 Å². The van der Waals surface area contributed by atoms with Gasteiger partial charge in [-0.15, -0.1) is 0 Å². The summed E-state index contributed by atoms with van der Waals surface area (Å²) in [5.74, 6) is 0. The average molecular weight is 221 g/mol. The van der Waals surface area contributed by atoms with E-state index < -0.39 is 0 Å². The molecule has 0 N–H and O–H groups in total. The van der Waals surface area contributed by atoms with Gasteiger partial charge in [-0.1, -0.05) is 11.6 Å². The Bertz CT molecular complexity index is 548. The molecule has 0 aliphatic carbocycles. The van der Waals surface area contributed by atoms with Crippen LogP contribution in [0.5, 0.6) is 0 Å². The predicted molar refractivity (Wildman–Crippen MR) is 59.9 cm³/mol. The van der Waals surface area contributed by atoms with Crippen molar-refractivity contribution in [3.63, 3.8) is 0 Å². The van der Waals surface area contributed by atoms with Crippen molar-refractivity contribution in [2.24, 2.45) is 7.05 Å². The van der Waals surface area contributed by atoms with Gasteiger partial charge in [0.25, 0.3) is 0 Å². The molecule has 76 valence electrons. The molecule has 4 heteroatoms. The first-order valence-corrected chi connectivity index (χ1v) is 4.84. The number of rotatable bonds is 1. The second-order valence-electron chi connectivity index (χ2n) is 3.20. The summed E-state index contributed by atoms with van der Waals surface area (Å²) in [7, 11) is 1.70. The van der Waals surface area contributed by atoms with E-state index in [1.54, 1.807) is 37.6 Å². The van der Waals surface area contributed by atoms with Crippen LogP contribution in [0, 0.1) is 0 Å². The predicted octanol–water partition coefficient (Wildman–Crippen LogP) is 2.10. The standard InChI is InChI=1S/C11H9ClN2O/c1-14-7-8(4-5-10(14)15)11-9(12)3-2-6-13-11/h2-7H,1H3.